The van der Waals surface area contributed by atoms with Gasteiger partial charge >= 0.3 is 0 Å². The summed E-state index contributed by atoms with van der Waals surface area (Å²) in [7, 11) is 1.59. The molecule has 2 aliphatic heterocycles. The topological polar surface area (TPSA) is 67.8 Å². The van der Waals surface area contributed by atoms with Crippen LogP contribution < -0.4 is 9.64 Å². The third-order valence-electron chi connectivity index (χ3n) is 3.98. The van der Waals surface area contributed by atoms with Crippen LogP contribution >= 0.6 is 0 Å². The summed E-state index contributed by atoms with van der Waals surface area (Å²) in [6.45, 7) is 4.16. The van der Waals surface area contributed by atoms with Gasteiger partial charge in [-0.2, -0.15) is 4.98 Å². The van der Waals surface area contributed by atoms with Crippen LogP contribution in [0.2, 0.25) is 0 Å². The van der Waals surface area contributed by atoms with E-state index in [0.29, 0.717) is 38.1 Å². The van der Waals surface area contributed by atoms with E-state index in [1.165, 1.54) is 0 Å². The number of ether oxygens (including phenoxy) is 2. The number of methoxy groups -OCH3 is 1. The molecule has 0 radical (unpaired) electrons. The zero-order chi connectivity index (χ0) is 14.7. The largest absolute Gasteiger partial charge is 0.481 e. The number of rotatable bonds is 3. The third-order valence-corrected chi connectivity index (χ3v) is 3.98. The number of hydrogen-bond acceptors (Lipinski definition) is 6. The van der Waals surface area contributed by atoms with E-state index in [-0.39, 0.29) is 11.8 Å². The molecule has 3 rings (SSSR count). The summed E-state index contributed by atoms with van der Waals surface area (Å²) in [6, 6.07) is 1.73. The summed E-state index contributed by atoms with van der Waals surface area (Å²) in [4.78, 5) is 24.9. The lowest BCUT2D eigenvalue weighted by atomic mass is 10.1. The van der Waals surface area contributed by atoms with Gasteiger partial charge in [-0.25, -0.2) is 4.98 Å². The minimum Gasteiger partial charge on any atom is -0.481 e. The first-order valence-corrected chi connectivity index (χ1v) is 7.26. The van der Waals surface area contributed by atoms with Crippen molar-refractivity contribution in [1.29, 1.82) is 0 Å². The summed E-state index contributed by atoms with van der Waals surface area (Å²) in [5, 5.41) is 0. The van der Waals surface area contributed by atoms with Gasteiger partial charge in [0.15, 0.2) is 0 Å². The molecule has 2 saturated heterocycles. The van der Waals surface area contributed by atoms with Crippen molar-refractivity contribution in [3.05, 3.63) is 12.3 Å². The summed E-state index contributed by atoms with van der Waals surface area (Å²) < 4.78 is 10.4. The minimum absolute atomic E-state index is 0.0459. The molecule has 0 unspecified atom stereocenters. The van der Waals surface area contributed by atoms with Gasteiger partial charge in [-0.15, -0.1) is 0 Å². The maximum Gasteiger partial charge on any atom is 0.228 e. The Hall–Kier alpha value is -1.89. The van der Waals surface area contributed by atoms with Crippen LogP contribution in [-0.2, 0) is 9.53 Å². The van der Waals surface area contributed by atoms with Gasteiger partial charge in [0, 0.05) is 45.0 Å². The smallest absolute Gasteiger partial charge is 0.228 e. The van der Waals surface area contributed by atoms with Crippen LogP contribution in [0, 0.1) is 5.92 Å². The van der Waals surface area contributed by atoms with E-state index in [9.17, 15) is 4.79 Å². The van der Waals surface area contributed by atoms with Crippen molar-refractivity contribution in [1.82, 2.24) is 14.9 Å². The van der Waals surface area contributed by atoms with Gasteiger partial charge in [-0.3, -0.25) is 4.79 Å². The Morgan fingerprint density at radius 3 is 2.86 bits per heavy atom. The Balaban J connectivity index is 1.58. The molecule has 7 nitrogen and oxygen atoms in total. The molecule has 0 bridgehead atoms. The molecule has 1 aromatic heterocycles. The number of hydrogen-bond donors (Lipinski definition) is 0. The SMILES string of the molecule is COc1ccnc(N2CCN(C(=O)[C@@H]3CCOC3)CC2)n1. The van der Waals surface area contributed by atoms with E-state index in [1.807, 2.05) is 4.90 Å². The molecule has 7 heteroatoms. The number of piperazine rings is 1. The third kappa shape index (κ3) is 3.07. The van der Waals surface area contributed by atoms with E-state index in [2.05, 4.69) is 14.9 Å². The fourth-order valence-electron chi connectivity index (χ4n) is 2.71. The number of carbonyl (C=O) groups is 1. The Labute approximate surface area is 123 Å². The van der Waals surface area contributed by atoms with E-state index >= 15 is 0 Å². The normalized spacial score (nSPS) is 22.4. The second-order valence-electron chi connectivity index (χ2n) is 5.27. The molecule has 21 heavy (non-hydrogen) atoms. The van der Waals surface area contributed by atoms with Crippen LogP contribution in [-0.4, -0.2) is 67.3 Å². The maximum absolute atomic E-state index is 12.3. The second kappa shape index (κ2) is 6.26. The molecular formula is C14H20N4O3. The fourth-order valence-corrected chi connectivity index (χ4v) is 2.71. The average molecular weight is 292 g/mol. The summed E-state index contributed by atoms with van der Waals surface area (Å²) in [5.41, 5.74) is 0. The van der Waals surface area contributed by atoms with Gasteiger partial charge in [0.1, 0.15) is 0 Å². The summed E-state index contributed by atoms with van der Waals surface area (Å²) in [5.74, 6) is 1.48. The van der Waals surface area contributed by atoms with Crippen molar-refractivity contribution < 1.29 is 14.3 Å². The molecule has 0 saturated carbocycles. The second-order valence-corrected chi connectivity index (χ2v) is 5.27. The van der Waals surface area contributed by atoms with Gasteiger partial charge in [0.25, 0.3) is 0 Å². The Morgan fingerprint density at radius 2 is 2.19 bits per heavy atom. The van der Waals surface area contributed by atoms with Crippen LogP contribution in [0.5, 0.6) is 5.88 Å². The molecule has 1 amide bonds. The van der Waals surface area contributed by atoms with Crippen LogP contribution in [0.25, 0.3) is 0 Å². The molecule has 1 atom stereocenters. The lowest BCUT2D eigenvalue weighted by Crippen LogP contribution is -2.51. The predicted octanol–water partition coefficient (Wildman–Crippen LogP) is 0.170. The quantitative estimate of drug-likeness (QED) is 0.791. The van der Waals surface area contributed by atoms with Gasteiger partial charge in [-0.05, 0) is 6.42 Å². The molecule has 2 aliphatic rings. The van der Waals surface area contributed by atoms with Gasteiger partial charge in [0.2, 0.25) is 17.7 Å². The summed E-state index contributed by atoms with van der Waals surface area (Å²) in [6.07, 6.45) is 2.53. The molecule has 0 spiro atoms. The number of nitrogens with zero attached hydrogens (tertiary/aromatic N) is 4. The van der Waals surface area contributed by atoms with Gasteiger partial charge < -0.3 is 19.3 Å². The van der Waals surface area contributed by atoms with E-state index < -0.39 is 0 Å². The molecular weight excluding hydrogens is 272 g/mol. The predicted molar refractivity (Wildman–Crippen MR) is 76.3 cm³/mol. The van der Waals surface area contributed by atoms with Crippen molar-refractivity contribution >= 4 is 11.9 Å². The van der Waals surface area contributed by atoms with Crippen LogP contribution in [0.4, 0.5) is 5.95 Å². The Kier molecular flexibility index (Phi) is 4.19. The van der Waals surface area contributed by atoms with Gasteiger partial charge in [-0.1, -0.05) is 0 Å². The first kappa shape index (κ1) is 14.1. The first-order chi connectivity index (χ1) is 10.3. The monoisotopic (exact) mass is 292 g/mol. The van der Waals surface area contributed by atoms with Crippen molar-refractivity contribution in [2.45, 2.75) is 6.42 Å². The summed E-state index contributed by atoms with van der Waals surface area (Å²) >= 11 is 0. The maximum atomic E-state index is 12.3. The molecule has 2 fully saturated rings. The van der Waals surface area contributed by atoms with Crippen molar-refractivity contribution in [3.63, 3.8) is 0 Å². The van der Waals surface area contributed by atoms with Crippen molar-refractivity contribution in [3.8, 4) is 5.88 Å². The zero-order valence-corrected chi connectivity index (χ0v) is 12.2. The van der Waals surface area contributed by atoms with E-state index in [1.54, 1.807) is 19.4 Å². The molecule has 1 aromatic rings. The lowest BCUT2D eigenvalue weighted by Gasteiger charge is -2.35. The lowest BCUT2D eigenvalue weighted by molar-refractivity contribution is -0.135. The van der Waals surface area contributed by atoms with Crippen LogP contribution in [0.15, 0.2) is 12.3 Å². The van der Waals surface area contributed by atoms with Gasteiger partial charge in [0.05, 0.1) is 19.6 Å². The molecule has 0 N–H and O–H groups in total. The number of anilines is 1. The first-order valence-electron chi connectivity index (χ1n) is 7.26. The number of amides is 1. The van der Waals surface area contributed by atoms with Crippen molar-refractivity contribution in [2.24, 2.45) is 5.92 Å². The molecule has 0 aliphatic carbocycles. The van der Waals surface area contributed by atoms with E-state index in [4.69, 9.17) is 9.47 Å². The Bertz CT molecular complexity index is 497. The fraction of sp³-hybridized carbons (Fsp3) is 0.643. The molecule has 0 aromatic carbocycles. The average Bonchev–Trinajstić information content (AvgIpc) is 3.09. The highest BCUT2D eigenvalue weighted by molar-refractivity contribution is 5.79. The highest BCUT2D eigenvalue weighted by Gasteiger charge is 2.30. The van der Waals surface area contributed by atoms with Crippen LogP contribution in [0.1, 0.15) is 6.42 Å². The highest BCUT2D eigenvalue weighted by atomic mass is 16.5. The molecule has 114 valence electrons. The molecule has 3 heterocycles. The highest BCUT2D eigenvalue weighted by Crippen LogP contribution is 2.19. The number of carbonyl (C=O) groups excluding carboxylic acids is 1. The standard InChI is InChI=1S/C14H20N4O3/c1-20-12-2-4-15-14(16-12)18-7-5-17(6-8-18)13(19)11-3-9-21-10-11/h2,4,11H,3,5-10H2,1H3/t11-/m1/s1. The number of aromatic nitrogens is 2. The van der Waals surface area contributed by atoms with E-state index in [0.717, 1.165) is 19.5 Å². The van der Waals surface area contributed by atoms with Crippen molar-refractivity contribution in [2.75, 3.05) is 51.4 Å². The Morgan fingerprint density at radius 1 is 1.38 bits per heavy atom. The minimum atomic E-state index is 0.0459. The van der Waals surface area contributed by atoms with Crippen LogP contribution in [0.3, 0.4) is 0 Å². The zero-order valence-electron chi connectivity index (χ0n) is 12.2.